The van der Waals surface area contributed by atoms with Crippen molar-refractivity contribution < 1.29 is 19.2 Å². The van der Waals surface area contributed by atoms with Gasteiger partial charge in [0.2, 0.25) is 5.91 Å². The highest BCUT2D eigenvalue weighted by Gasteiger charge is 2.33. The van der Waals surface area contributed by atoms with Crippen molar-refractivity contribution in [3.8, 4) is 0 Å². The third-order valence-corrected chi connectivity index (χ3v) is 3.91. The maximum atomic E-state index is 12.1. The number of hydrogen-bond acceptors (Lipinski definition) is 5. The van der Waals surface area contributed by atoms with Crippen molar-refractivity contribution >= 4 is 23.1 Å². The summed E-state index contributed by atoms with van der Waals surface area (Å²) in [6.07, 6.45) is 0.791. The second-order valence-electron chi connectivity index (χ2n) is 5.25. The molecule has 2 heterocycles. The molecule has 1 amide bonds. The number of anilines is 1. The summed E-state index contributed by atoms with van der Waals surface area (Å²) >= 11 is 0. The highest BCUT2D eigenvalue weighted by molar-refractivity contribution is 6.05. The van der Waals surface area contributed by atoms with Gasteiger partial charge >= 0.3 is 0 Å². The monoisotopic (exact) mass is 290 g/mol. The molecule has 0 aromatic heterocycles. The van der Waals surface area contributed by atoms with Gasteiger partial charge in [0.15, 0.2) is 5.78 Å². The smallest absolute Gasteiger partial charge is 0.269 e. The summed E-state index contributed by atoms with van der Waals surface area (Å²) in [6, 6.07) is 4.29. The minimum Gasteiger partial charge on any atom is -0.381 e. The zero-order valence-corrected chi connectivity index (χ0v) is 11.3. The van der Waals surface area contributed by atoms with Gasteiger partial charge in [-0.05, 0) is 18.1 Å². The number of rotatable bonds is 4. The first-order chi connectivity index (χ1) is 10.1. The first kappa shape index (κ1) is 13.7. The molecule has 1 atom stereocenters. The summed E-state index contributed by atoms with van der Waals surface area (Å²) in [5, 5.41) is 10.8. The number of ether oxygens (including phenoxy) is 1. The number of carbonyl (C=O) groups is 2. The van der Waals surface area contributed by atoms with Crippen molar-refractivity contribution in [2.45, 2.75) is 12.8 Å². The average Bonchev–Trinajstić information content (AvgIpc) is 3.07. The van der Waals surface area contributed by atoms with Crippen LogP contribution in [0.5, 0.6) is 0 Å². The van der Waals surface area contributed by atoms with Crippen LogP contribution >= 0.6 is 0 Å². The minimum absolute atomic E-state index is 0.0116. The number of fused-ring (bicyclic) bond motifs is 1. The van der Waals surface area contributed by atoms with Crippen LogP contribution in [0.15, 0.2) is 18.2 Å². The zero-order valence-electron chi connectivity index (χ0n) is 11.3. The van der Waals surface area contributed by atoms with Gasteiger partial charge in [0.1, 0.15) is 0 Å². The minimum atomic E-state index is -0.492. The number of nitro benzene ring substituents is 1. The lowest BCUT2D eigenvalue weighted by atomic mass is 10.0. The largest absolute Gasteiger partial charge is 0.381 e. The molecule has 2 aliphatic heterocycles. The van der Waals surface area contributed by atoms with Gasteiger partial charge in [0.25, 0.3) is 5.69 Å². The van der Waals surface area contributed by atoms with Crippen molar-refractivity contribution in [2.75, 3.05) is 24.7 Å². The number of nitro groups is 1. The zero-order chi connectivity index (χ0) is 15.0. The third kappa shape index (κ3) is 2.52. The van der Waals surface area contributed by atoms with E-state index in [1.807, 2.05) is 0 Å². The van der Waals surface area contributed by atoms with E-state index in [4.69, 9.17) is 4.74 Å². The maximum Gasteiger partial charge on any atom is 0.269 e. The van der Waals surface area contributed by atoms with Crippen LogP contribution in [0.3, 0.4) is 0 Å². The van der Waals surface area contributed by atoms with E-state index < -0.39 is 4.92 Å². The molecule has 0 bridgehead atoms. The summed E-state index contributed by atoms with van der Waals surface area (Å²) in [4.78, 5) is 35.9. The lowest BCUT2D eigenvalue weighted by Crippen LogP contribution is -2.35. The number of nitrogens with zero attached hydrogens (tertiary/aromatic N) is 2. The number of hydrogen-bond donors (Lipinski definition) is 0. The van der Waals surface area contributed by atoms with Crippen LogP contribution in [0.2, 0.25) is 0 Å². The van der Waals surface area contributed by atoms with Crippen molar-refractivity contribution in [3.63, 3.8) is 0 Å². The molecule has 3 rings (SSSR count). The molecule has 7 heteroatoms. The lowest BCUT2D eigenvalue weighted by molar-refractivity contribution is -0.384. The van der Waals surface area contributed by atoms with Crippen LogP contribution in [-0.2, 0) is 20.7 Å². The third-order valence-electron chi connectivity index (χ3n) is 3.91. The first-order valence-electron chi connectivity index (χ1n) is 6.74. The first-order valence-corrected chi connectivity index (χ1v) is 6.74. The number of non-ortho nitro benzene ring substituents is 1. The molecular weight excluding hydrogens is 276 g/mol. The number of carbonyl (C=O) groups excluding carboxylic acids is 2. The van der Waals surface area contributed by atoms with Crippen LogP contribution in [0.25, 0.3) is 0 Å². The number of Topliss-reactive ketones (excluding diaryl/α,β-unsaturated/α-hetero) is 1. The fraction of sp³-hybridized carbons (Fsp3) is 0.429. The van der Waals surface area contributed by atoms with Gasteiger partial charge in [0, 0.05) is 30.3 Å². The predicted molar refractivity (Wildman–Crippen MR) is 73.1 cm³/mol. The Morgan fingerprint density at radius 3 is 2.95 bits per heavy atom. The molecular formula is C14H14N2O5. The van der Waals surface area contributed by atoms with Gasteiger partial charge in [0.05, 0.1) is 24.5 Å². The van der Waals surface area contributed by atoms with E-state index in [1.165, 1.54) is 23.1 Å². The van der Waals surface area contributed by atoms with Crippen LogP contribution < -0.4 is 4.90 Å². The molecule has 1 saturated heterocycles. The molecule has 1 aromatic rings. The molecule has 1 unspecified atom stereocenters. The Hall–Kier alpha value is -2.28. The number of ketones is 1. The van der Waals surface area contributed by atoms with Gasteiger partial charge in [-0.3, -0.25) is 19.7 Å². The van der Waals surface area contributed by atoms with E-state index in [-0.39, 0.29) is 36.3 Å². The van der Waals surface area contributed by atoms with Crippen molar-refractivity contribution in [1.29, 1.82) is 0 Å². The van der Waals surface area contributed by atoms with Crippen LogP contribution in [0.4, 0.5) is 11.4 Å². The molecule has 1 fully saturated rings. The van der Waals surface area contributed by atoms with E-state index in [0.29, 0.717) is 30.9 Å². The Morgan fingerprint density at radius 2 is 2.29 bits per heavy atom. The molecule has 21 heavy (non-hydrogen) atoms. The molecule has 7 nitrogen and oxygen atoms in total. The van der Waals surface area contributed by atoms with E-state index >= 15 is 0 Å². The van der Waals surface area contributed by atoms with Crippen molar-refractivity contribution in [3.05, 3.63) is 33.9 Å². The van der Waals surface area contributed by atoms with E-state index in [1.54, 1.807) is 0 Å². The summed E-state index contributed by atoms with van der Waals surface area (Å²) in [6.45, 7) is 0.999. The summed E-state index contributed by atoms with van der Waals surface area (Å²) in [5.41, 5.74) is 1.15. The van der Waals surface area contributed by atoms with E-state index in [9.17, 15) is 19.7 Å². The predicted octanol–water partition coefficient (Wildman–Crippen LogP) is 1.09. The molecule has 0 radical (unpaired) electrons. The molecule has 0 saturated carbocycles. The topological polar surface area (TPSA) is 89.8 Å². The SMILES string of the molecule is O=C(CN1C(=O)Cc2cc([N+](=O)[O-])ccc21)C1CCOC1. The lowest BCUT2D eigenvalue weighted by Gasteiger charge is -2.18. The van der Waals surface area contributed by atoms with Gasteiger partial charge in [-0.15, -0.1) is 0 Å². The van der Waals surface area contributed by atoms with Gasteiger partial charge in [-0.25, -0.2) is 0 Å². The molecule has 0 spiro atoms. The van der Waals surface area contributed by atoms with Gasteiger partial charge in [-0.2, -0.15) is 0 Å². The van der Waals surface area contributed by atoms with Crippen LogP contribution in [-0.4, -0.2) is 36.4 Å². The van der Waals surface area contributed by atoms with Crippen molar-refractivity contribution in [1.82, 2.24) is 0 Å². The fourth-order valence-electron chi connectivity index (χ4n) is 2.73. The Balaban J connectivity index is 1.80. The molecule has 1 aromatic carbocycles. The van der Waals surface area contributed by atoms with Crippen LogP contribution in [0.1, 0.15) is 12.0 Å². The van der Waals surface area contributed by atoms with E-state index in [2.05, 4.69) is 0 Å². The Bertz CT molecular complexity index is 622. The Morgan fingerprint density at radius 1 is 1.48 bits per heavy atom. The average molecular weight is 290 g/mol. The van der Waals surface area contributed by atoms with Crippen LogP contribution in [0, 0.1) is 16.0 Å². The fourth-order valence-corrected chi connectivity index (χ4v) is 2.73. The molecule has 110 valence electrons. The highest BCUT2D eigenvalue weighted by Crippen LogP contribution is 2.32. The standard InChI is InChI=1S/C14H14N2O5/c17-13(9-3-4-21-8-9)7-15-12-2-1-11(16(19)20)5-10(12)6-14(15)18/h1-2,5,9H,3-4,6-8H2. The van der Waals surface area contributed by atoms with Crippen molar-refractivity contribution in [2.24, 2.45) is 5.92 Å². The summed E-state index contributed by atoms with van der Waals surface area (Å²) in [5.74, 6) is -0.371. The summed E-state index contributed by atoms with van der Waals surface area (Å²) < 4.78 is 5.18. The highest BCUT2D eigenvalue weighted by atomic mass is 16.6. The second kappa shape index (κ2) is 5.25. The maximum absolute atomic E-state index is 12.1. The van der Waals surface area contributed by atoms with Gasteiger partial charge < -0.3 is 9.64 Å². The number of benzene rings is 1. The molecule has 0 N–H and O–H groups in total. The quantitative estimate of drug-likeness (QED) is 0.611. The number of amides is 1. The second-order valence-corrected chi connectivity index (χ2v) is 5.25. The Kier molecular flexibility index (Phi) is 3.42. The molecule has 0 aliphatic carbocycles. The van der Waals surface area contributed by atoms with E-state index in [0.717, 1.165) is 0 Å². The van der Waals surface area contributed by atoms with Gasteiger partial charge in [-0.1, -0.05) is 0 Å². The molecule has 2 aliphatic rings. The normalized spacial score (nSPS) is 20.7. The summed E-state index contributed by atoms with van der Waals surface area (Å²) in [7, 11) is 0. The Labute approximate surface area is 120 Å².